The minimum atomic E-state index is -3.59. The van der Waals surface area contributed by atoms with Crippen LogP contribution in [0.3, 0.4) is 0 Å². The first-order valence-electron chi connectivity index (χ1n) is 14.9. The van der Waals surface area contributed by atoms with Gasteiger partial charge in [-0.15, -0.1) is 0 Å². The molecule has 2 heterocycles. The van der Waals surface area contributed by atoms with Crippen LogP contribution in [0.4, 0.5) is 4.79 Å². The SMILES string of the molecule is N#C[O-].NC(=O)NC[C@H]1CCc2ccc(S(=O)(=O)c3ccccc3)cc2O1.NC[C@H]1CCc2ccc(S(=O)(=O)c3ccccc3)cc2O1.[K+]. The number of aryl methyl sites for hydroxylation is 2. The first kappa shape index (κ1) is 40.0. The van der Waals surface area contributed by atoms with E-state index in [0.717, 1.165) is 36.8 Å². The van der Waals surface area contributed by atoms with Crippen molar-refractivity contribution < 1.29 is 87.6 Å². The van der Waals surface area contributed by atoms with Crippen LogP contribution in [0.1, 0.15) is 24.0 Å². The minimum Gasteiger partial charge on any atom is -0.812 e. The molecule has 0 saturated heterocycles. The molecule has 0 fully saturated rings. The maximum atomic E-state index is 12.7. The van der Waals surface area contributed by atoms with Crippen LogP contribution in [-0.2, 0) is 32.5 Å². The van der Waals surface area contributed by atoms with Crippen LogP contribution in [0.25, 0.3) is 0 Å². The molecule has 4 aromatic carbocycles. The van der Waals surface area contributed by atoms with Gasteiger partial charge in [-0.3, -0.25) is 0 Å². The van der Waals surface area contributed by atoms with Crippen LogP contribution >= 0.6 is 0 Å². The fourth-order valence-electron chi connectivity index (χ4n) is 5.14. The second-order valence-electron chi connectivity index (χ2n) is 10.8. The summed E-state index contributed by atoms with van der Waals surface area (Å²) in [5.74, 6) is 1.17. The topological polar surface area (TPSA) is 215 Å². The van der Waals surface area contributed by atoms with Gasteiger partial charge in [-0.1, -0.05) is 48.5 Å². The number of primary amides is 1. The fraction of sp³-hybridized carbons (Fsp3) is 0.235. The Bertz CT molecular complexity index is 1970. The molecular weight excluding hydrogens is 696 g/mol. The van der Waals surface area contributed by atoms with E-state index in [1.54, 1.807) is 91.0 Å². The molecule has 0 spiro atoms. The molecule has 4 aromatic rings. The van der Waals surface area contributed by atoms with Gasteiger partial charge in [0.05, 0.1) is 26.1 Å². The van der Waals surface area contributed by atoms with Crippen molar-refractivity contribution in [3.05, 3.63) is 108 Å². The summed E-state index contributed by atoms with van der Waals surface area (Å²) in [4.78, 5) is 11.8. The number of hydrogen-bond donors (Lipinski definition) is 3. The van der Waals surface area contributed by atoms with Crippen molar-refractivity contribution in [2.24, 2.45) is 11.5 Å². The molecule has 5 N–H and O–H groups in total. The van der Waals surface area contributed by atoms with Crippen molar-refractivity contribution in [2.45, 2.75) is 57.5 Å². The summed E-state index contributed by atoms with van der Waals surface area (Å²) >= 11 is 0. The Hall–Kier alpha value is -3.46. The number of nitrogens with two attached hydrogens (primary N) is 2. The van der Waals surface area contributed by atoms with Crippen LogP contribution in [0, 0.1) is 11.5 Å². The van der Waals surface area contributed by atoms with Crippen molar-refractivity contribution >= 4 is 25.7 Å². The Morgan fingerprint density at radius 2 is 1.16 bits per heavy atom. The van der Waals surface area contributed by atoms with Gasteiger partial charge in [0, 0.05) is 12.8 Å². The molecule has 2 aliphatic heterocycles. The monoisotopic (exact) mass is 730 g/mol. The number of carbonyl (C=O) groups is 1. The fourth-order valence-corrected chi connectivity index (χ4v) is 7.74. The third-order valence-corrected chi connectivity index (χ3v) is 11.2. The summed E-state index contributed by atoms with van der Waals surface area (Å²) in [6.07, 6.45) is 3.47. The van der Waals surface area contributed by atoms with Gasteiger partial charge in [0.25, 0.3) is 0 Å². The number of nitrogens with one attached hydrogen (secondary N) is 1. The maximum Gasteiger partial charge on any atom is 1.00 e. The standard InChI is InChI=1S/C17H18N2O4S.C16H17NO3S.CHNO.K/c18-17(20)19-11-13-8-6-12-7-9-15(10-16(12)23-13)24(21,22)14-4-2-1-3-5-14;17-11-13-8-6-12-7-9-15(10-16(12)20-13)21(18,19)14-4-2-1-3-5-14;2-1-3;/h1-5,7,9-10,13H,6,8,11H2,(H3,18,19,20);1-5,7,9-10,13H,6,8,11,17H2;3H;/q;;;+1/p-1/t2*13-;;/m11../s1. The number of fused-ring (bicyclic) bond motifs is 2. The molecule has 252 valence electrons. The van der Waals surface area contributed by atoms with E-state index < -0.39 is 25.7 Å². The van der Waals surface area contributed by atoms with Gasteiger partial charge >= 0.3 is 57.4 Å². The smallest absolute Gasteiger partial charge is 0.812 e. The molecule has 6 rings (SSSR count). The molecule has 2 amide bonds. The van der Waals surface area contributed by atoms with Gasteiger partial charge in [-0.05, 0) is 85.3 Å². The molecule has 0 saturated carbocycles. The van der Waals surface area contributed by atoms with Gasteiger partial charge < -0.3 is 31.4 Å². The van der Waals surface area contributed by atoms with E-state index in [1.807, 2.05) is 6.07 Å². The van der Waals surface area contributed by atoms with Crippen molar-refractivity contribution in [2.75, 3.05) is 13.1 Å². The molecule has 0 aliphatic carbocycles. The predicted molar refractivity (Wildman–Crippen MR) is 174 cm³/mol. The number of carbonyl (C=O) groups excluding carboxylic acids is 1. The summed E-state index contributed by atoms with van der Waals surface area (Å²) in [6, 6.07) is 26.1. The molecule has 0 radical (unpaired) electrons. The second-order valence-corrected chi connectivity index (χ2v) is 14.7. The zero-order valence-electron chi connectivity index (χ0n) is 26.8. The van der Waals surface area contributed by atoms with Gasteiger partial charge in [0.15, 0.2) is 0 Å². The number of hydrogen-bond acceptors (Lipinski definition) is 10. The summed E-state index contributed by atoms with van der Waals surface area (Å²) in [5.41, 5.74) is 12.7. The Morgan fingerprint density at radius 3 is 1.57 bits per heavy atom. The molecule has 2 atom stereocenters. The normalized spacial score (nSPS) is 16.0. The number of benzene rings is 4. The van der Waals surface area contributed by atoms with Gasteiger partial charge in [-0.25, -0.2) is 26.9 Å². The van der Waals surface area contributed by atoms with Gasteiger partial charge in [0.2, 0.25) is 19.7 Å². The number of sulfone groups is 2. The summed E-state index contributed by atoms with van der Waals surface area (Å²) < 4.78 is 62.1. The van der Waals surface area contributed by atoms with E-state index in [1.165, 1.54) is 0 Å². The van der Waals surface area contributed by atoms with E-state index in [2.05, 4.69) is 5.32 Å². The molecule has 49 heavy (non-hydrogen) atoms. The average Bonchev–Trinajstić information content (AvgIpc) is 3.11. The van der Waals surface area contributed by atoms with Crippen molar-refractivity contribution in [1.82, 2.24) is 5.32 Å². The number of amides is 2. The molecule has 0 bridgehead atoms. The first-order valence-corrected chi connectivity index (χ1v) is 17.9. The largest absolute Gasteiger partial charge is 1.00 e. The average molecular weight is 731 g/mol. The van der Waals surface area contributed by atoms with E-state index in [0.29, 0.717) is 30.8 Å². The molecular formula is C34H35KN4O8S2. The zero-order valence-corrected chi connectivity index (χ0v) is 31.6. The van der Waals surface area contributed by atoms with Gasteiger partial charge in [-0.2, -0.15) is 0 Å². The van der Waals surface area contributed by atoms with Crippen LogP contribution < -0.4 is 82.7 Å². The quantitative estimate of drug-likeness (QED) is 0.169. The van der Waals surface area contributed by atoms with E-state index in [4.69, 9.17) is 31.3 Å². The van der Waals surface area contributed by atoms with E-state index in [9.17, 15) is 21.6 Å². The second kappa shape index (κ2) is 18.5. The third kappa shape index (κ3) is 10.5. The summed E-state index contributed by atoms with van der Waals surface area (Å²) in [7, 11) is -7.09. The maximum absolute atomic E-state index is 12.7. The summed E-state index contributed by atoms with van der Waals surface area (Å²) in [5, 5.41) is 17.5. The van der Waals surface area contributed by atoms with E-state index in [-0.39, 0.29) is 83.2 Å². The van der Waals surface area contributed by atoms with E-state index >= 15 is 0 Å². The van der Waals surface area contributed by atoms with Gasteiger partial charge in [0.1, 0.15) is 23.7 Å². The summed E-state index contributed by atoms with van der Waals surface area (Å²) in [6.45, 7) is 0.736. The van der Waals surface area contributed by atoms with Crippen LogP contribution in [0.15, 0.2) is 117 Å². The van der Waals surface area contributed by atoms with Crippen molar-refractivity contribution in [3.8, 4) is 17.8 Å². The Labute approximate surface area is 328 Å². The molecule has 15 heteroatoms. The zero-order chi connectivity index (χ0) is 34.7. The minimum absolute atomic E-state index is 0. The van der Waals surface area contributed by atoms with Crippen LogP contribution in [-0.4, -0.2) is 48.2 Å². The number of nitrogens with zero attached hydrogens (tertiary/aromatic N) is 1. The molecule has 12 nitrogen and oxygen atoms in total. The molecule has 2 aliphatic rings. The predicted octanol–water partition coefficient (Wildman–Crippen LogP) is -0.115. The third-order valence-electron chi connectivity index (χ3n) is 7.63. The Kier molecular flexibility index (Phi) is 15.1. The Balaban J connectivity index is 0.000000243. The van der Waals surface area contributed by atoms with Crippen molar-refractivity contribution in [1.29, 1.82) is 5.26 Å². The molecule has 0 unspecified atom stereocenters. The number of ether oxygens (including phenoxy) is 2. The van der Waals surface area contributed by atoms with Crippen molar-refractivity contribution in [3.63, 3.8) is 0 Å². The van der Waals surface area contributed by atoms with Crippen LogP contribution in [0.2, 0.25) is 0 Å². The number of rotatable bonds is 7. The Morgan fingerprint density at radius 1 is 0.755 bits per heavy atom. The van der Waals surface area contributed by atoms with Crippen LogP contribution in [0.5, 0.6) is 11.5 Å². The first-order chi connectivity index (χ1) is 23.0. The molecule has 0 aromatic heterocycles. The number of urea groups is 1. The number of nitriles is 1.